The van der Waals surface area contributed by atoms with Crippen LogP contribution < -0.4 is 5.32 Å². The van der Waals surface area contributed by atoms with E-state index in [0.717, 1.165) is 13.0 Å². The van der Waals surface area contributed by atoms with E-state index in [2.05, 4.69) is 20.4 Å². The summed E-state index contributed by atoms with van der Waals surface area (Å²) in [6.45, 7) is 1.57. The van der Waals surface area contributed by atoms with Crippen molar-refractivity contribution in [1.29, 1.82) is 0 Å². The molecule has 0 radical (unpaired) electrons. The lowest BCUT2D eigenvalue weighted by Crippen LogP contribution is -2.27. The number of nitrogens with zero attached hydrogens (tertiary/aromatic N) is 3. The molecule has 1 heterocycles. The molecular weight excluding hydrogens is 232 g/mol. The van der Waals surface area contributed by atoms with Crippen molar-refractivity contribution >= 4 is 12.1 Å². The number of carbonyl (C=O) groups is 1. The fraction of sp³-hybridized carbons (Fsp3) is 0.417. The summed E-state index contributed by atoms with van der Waals surface area (Å²) < 4.78 is 0. The summed E-state index contributed by atoms with van der Waals surface area (Å²) in [6, 6.07) is 3.26. The highest BCUT2D eigenvalue weighted by Gasteiger charge is 2.04. The molecule has 1 aromatic heterocycles. The maximum Gasteiger partial charge on any atom is 0.252 e. The third-order valence-electron chi connectivity index (χ3n) is 2.31. The van der Waals surface area contributed by atoms with Crippen LogP contribution in [0, 0.1) is 0 Å². The average molecular weight is 250 g/mol. The number of hydrogen-bond acceptors (Lipinski definition) is 5. The minimum Gasteiger partial charge on any atom is -0.411 e. The van der Waals surface area contributed by atoms with Gasteiger partial charge in [0.1, 0.15) is 0 Å². The molecule has 18 heavy (non-hydrogen) atoms. The van der Waals surface area contributed by atoms with Gasteiger partial charge in [0.15, 0.2) is 0 Å². The lowest BCUT2D eigenvalue weighted by Gasteiger charge is -2.09. The molecule has 1 rings (SSSR count). The van der Waals surface area contributed by atoms with Gasteiger partial charge < -0.3 is 15.4 Å². The minimum atomic E-state index is -0.145. The predicted molar refractivity (Wildman–Crippen MR) is 69.1 cm³/mol. The van der Waals surface area contributed by atoms with Crippen molar-refractivity contribution in [3.63, 3.8) is 0 Å². The topological polar surface area (TPSA) is 77.8 Å². The third-order valence-corrected chi connectivity index (χ3v) is 2.31. The van der Waals surface area contributed by atoms with Gasteiger partial charge >= 0.3 is 0 Å². The summed E-state index contributed by atoms with van der Waals surface area (Å²) in [5, 5.41) is 14.0. The summed E-state index contributed by atoms with van der Waals surface area (Å²) in [5.74, 6) is -0.145. The van der Waals surface area contributed by atoms with Crippen molar-refractivity contribution < 1.29 is 10.0 Å². The first kappa shape index (κ1) is 14.1. The molecule has 98 valence electrons. The van der Waals surface area contributed by atoms with Crippen molar-refractivity contribution in [3.8, 4) is 0 Å². The number of rotatable bonds is 6. The number of oxime groups is 1. The number of nitrogens with one attached hydrogen (secondary N) is 1. The number of amides is 1. The Morgan fingerprint density at radius 2 is 2.33 bits per heavy atom. The first-order valence-electron chi connectivity index (χ1n) is 5.70. The zero-order chi connectivity index (χ0) is 13.4. The van der Waals surface area contributed by atoms with E-state index >= 15 is 0 Å². The van der Waals surface area contributed by atoms with E-state index in [9.17, 15) is 4.79 Å². The summed E-state index contributed by atoms with van der Waals surface area (Å²) in [5.41, 5.74) is 0.997. The van der Waals surface area contributed by atoms with Crippen molar-refractivity contribution in [2.45, 2.75) is 6.42 Å². The molecule has 1 aromatic rings. The second kappa shape index (κ2) is 7.39. The molecule has 0 aliphatic carbocycles. The Morgan fingerprint density at radius 3 is 2.89 bits per heavy atom. The highest BCUT2D eigenvalue weighted by molar-refractivity contribution is 5.94. The van der Waals surface area contributed by atoms with E-state index in [1.54, 1.807) is 12.1 Å². The SMILES string of the molecule is CN(C)CCCNC(=O)c1ccc(/C=N/O)nc1. The van der Waals surface area contributed by atoms with Crippen molar-refractivity contribution in [3.05, 3.63) is 29.6 Å². The van der Waals surface area contributed by atoms with Gasteiger partial charge in [0.2, 0.25) is 0 Å². The lowest BCUT2D eigenvalue weighted by molar-refractivity contribution is 0.0952. The van der Waals surface area contributed by atoms with Gasteiger partial charge in [-0.25, -0.2) is 0 Å². The zero-order valence-electron chi connectivity index (χ0n) is 10.6. The van der Waals surface area contributed by atoms with E-state index in [0.29, 0.717) is 17.8 Å². The molecule has 0 bridgehead atoms. The molecule has 0 aliphatic rings. The highest BCUT2D eigenvalue weighted by Crippen LogP contribution is 1.98. The van der Waals surface area contributed by atoms with Crippen LogP contribution in [-0.4, -0.2) is 54.4 Å². The maximum atomic E-state index is 11.7. The molecule has 6 nitrogen and oxygen atoms in total. The maximum absolute atomic E-state index is 11.7. The lowest BCUT2D eigenvalue weighted by atomic mass is 10.2. The monoisotopic (exact) mass is 250 g/mol. The number of carbonyl (C=O) groups excluding carboxylic acids is 1. The van der Waals surface area contributed by atoms with Crippen LogP contribution in [-0.2, 0) is 0 Å². The van der Waals surface area contributed by atoms with Crippen LogP contribution in [0.3, 0.4) is 0 Å². The summed E-state index contributed by atoms with van der Waals surface area (Å²) in [7, 11) is 3.99. The fourth-order valence-corrected chi connectivity index (χ4v) is 1.37. The van der Waals surface area contributed by atoms with Gasteiger partial charge in [-0.2, -0.15) is 0 Å². The van der Waals surface area contributed by atoms with E-state index in [4.69, 9.17) is 5.21 Å². The number of aromatic nitrogens is 1. The van der Waals surface area contributed by atoms with E-state index in [1.807, 2.05) is 14.1 Å². The molecule has 0 aromatic carbocycles. The molecular formula is C12H18N4O2. The van der Waals surface area contributed by atoms with E-state index in [-0.39, 0.29) is 5.91 Å². The van der Waals surface area contributed by atoms with Crippen molar-refractivity contribution in [2.75, 3.05) is 27.2 Å². The van der Waals surface area contributed by atoms with Crippen LogP contribution in [0.25, 0.3) is 0 Å². The molecule has 6 heteroatoms. The number of pyridine rings is 1. The van der Waals surface area contributed by atoms with Gasteiger partial charge in [0.25, 0.3) is 5.91 Å². The molecule has 2 N–H and O–H groups in total. The minimum absolute atomic E-state index is 0.145. The Hall–Kier alpha value is -1.95. The van der Waals surface area contributed by atoms with Crippen molar-refractivity contribution in [1.82, 2.24) is 15.2 Å². The normalized spacial score (nSPS) is 11.1. The molecule has 0 aliphatic heterocycles. The molecule has 0 spiro atoms. The standard InChI is InChI=1S/C12H18N4O2/c1-16(2)7-3-6-13-12(17)10-4-5-11(9-15-18)14-8-10/h4-5,8-9,18H,3,6-7H2,1-2H3,(H,13,17)/b15-9+. The van der Waals surface area contributed by atoms with Crippen LogP contribution in [0.4, 0.5) is 0 Å². The molecule has 0 fully saturated rings. The van der Waals surface area contributed by atoms with Gasteiger partial charge in [0, 0.05) is 12.7 Å². The highest BCUT2D eigenvalue weighted by atomic mass is 16.4. The summed E-state index contributed by atoms with van der Waals surface area (Å²) >= 11 is 0. The fourth-order valence-electron chi connectivity index (χ4n) is 1.37. The largest absolute Gasteiger partial charge is 0.411 e. The molecule has 0 saturated heterocycles. The van der Waals surface area contributed by atoms with Gasteiger partial charge in [-0.15, -0.1) is 0 Å². The second-order valence-electron chi connectivity index (χ2n) is 4.13. The van der Waals surface area contributed by atoms with Crippen LogP contribution in [0.5, 0.6) is 0 Å². The Balaban J connectivity index is 2.41. The van der Waals surface area contributed by atoms with Gasteiger partial charge in [-0.3, -0.25) is 9.78 Å². The third kappa shape index (κ3) is 4.92. The van der Waals surface area contributed by atoms with Crippen LogP contribution in [0.15, 0.2) is 23.5 Å². The average Bonchev–Trinajstić information content (AvgIpc) is 2.35. The number of hydrogen-bond donors (Lipinski definition) is 2. The molecule has 0 saturated carbocycles. The Bertz CT molecular complexity index is 401. The summed E-state index contributed by atoms with van der Waals surface area (Å²) in [6.07, 6.45) is 3.57. The second-order valence-corrected chi connectivity index (χ2v) is 4.13. The molecule has 1 amide bonds. The zero-order valence-corrected chi connectivity index (χ0v) is 10.6. The van der Waals surface area contributed by atoms with E-state index in [1.165, 1.54) is 12.4 Å². The van der Waals surface area contributed by atoms with Gasteiger partial charge in [0.05, 0.1) is 17.5 Å². The van der Waals surface area contributed by atoms with Crippen LogP contribution in [0.2, 0.25) is 0 Å². The van der Waals surface area contributed by atoms with Gasteiger partial charge in [-0.05, 0) is 39.2 Å². The first-order valence-corrected chi connectivity index (χ1v) is 5.70. The van der Waals surface area contributed by atoms with E-state index < -0.39 is 0 Å². The Morgan fingerprint density at radius 1 is 1.56 bits per heavy atom. The smallest absolute Gasteiger partial charge is 0.252 e. The molecule has 0 atom stereocenters. The van der Waals surface area contributed by atoms with Crippen molar-refractivity contribution in [2.24, 2.45) is 5.16 Å². The molecule has 0 unspecified atom stereocenters. The predicted octanol–water partition coefficient (Wildman–Crippen LogP) is 0.571. The first-order chi connectivity index (χ1) is 8.63. The Labute approximate surface area is 106 Å². The quantitative estimate of drug-likeness (QED) is 0.335. The van der Waals surface area contributed by atoms with Crippen LogP contribution >= 0.6 is 0 Å². The van der Waals surface area contributed by atoms with Crippen LogP contribution in [0.1, 0.15) is 22.5 Å². The Kier molecular flexibility index (Phi) is 5.79. The summed E-state index contributed by atoms with van der Waals surface area (Å²) in [4.78, 5) is 17.7. The van der Waals surface area contributed by atoms with Gasteiger partial charge in [-0.1, -0.05) is 5.16 Å².